The summed E-state index contributed by atoms with van der Waals surface area (Å²) in [6.45, 7) is 0.804. The van der Waals surface area contributed by atoms with E-state index in [0.29, 0.717) is 0 Å². The molecule has 0 amide bonds. The number of aromatic nitrogens is 6. The molecule has 3 aromatic carbocycles. The second-order valence-corrected chi connectivity index (χ2v) is 8.10. The van der Waals surface area contributed by atoms with Gasteiger partial charge in [-0.05, 0) is 49.1 Å². The number of benzene rings is 3. The van der Waals surface area contributed by atoms with Gasteiger partial charge < -0.3 is 0 Å². The highest BCUT2D eigenvalue weighted by molar-refractivity contribution is 5.74. The lowest BCUT2D eigenvalue weighted by Gasteiger charge is -2.42. The summed E-state index contributed by atoms with van der Waals surface area (Å²) in [5, 5.41) is 18.0. The molecular formula is C24H23N7. The van der Waals surface area contributed by atoms with Crippen molar-refractivity contribution in [1.82, 2.24) is 34.9 Å². The SMILES string of the molecule is c1ccc(CN2[C@@H](n3nnc4ccccc43)CCC[C@@H]2n2nnc3ccccc32)cc1. The molecule has 0 unspecified atom stereocenters. The molecule has 154 valence electrons. The van der Waals surface area contributed by atoms with Crippen LogP contribution >= 0.6 is 0 Å². The van der Waals surface area contributed by atoms with Gasteiger partial charge in [0.15, 0.2) is 0 Å². The Bertz CT molecular complexity index is 1240. The van der Waals surface area contributed by atoms with E-state index in [2.05, 4.69) is 89.5 Å². The van der Waals surface area contributed by atoms with Gasteiger partial charge in [0, 0.05) is 6.54 Å². The zero-order valence-corrected chi connectivity index (χ0v) is 17.1. The molecule has 0 aliphatic carbocycles. The number of para-hydroxylation sites is 2. The van der Waals surface area contributed by atoms with Crippen molar-refractivity contribution >= 4 is 22.1 Å². The van der Waals surface area contributed by atoms with E-state index in [1.807, 2.05) is 24.3 Å². The van der Waals surface area contributed by atoms with E-state index in [-0.39, 0.29) is 12.3 Å². The minimum absolute atomic E-state index is 0.0920. The Hall–Kier alpha value is -3.58. The molecule has 1 fully saturated rings. The Morgan fingerprint density at radius 3 is 1.74 bits per heavy atom. The van der Waals surface area contributed by atoms with E-state index < -0.39 is 0 Å². The Kier molecular flexibility index (Phi) is 4.46. The van der Waals surface area contributed by atoms with Crippen LogP contribution in [-0.2, 0) is 6.54 Å². The van der Waals surface area contributed by atoms with Crippen LogP contribution in [0.15, 0.2) is 78.9 Å². The van der Waals surface area contributed by atoms with E-state index in [1.165, 1.54) is 5.56 Å². The first-order chi connectivity index (χ1) is 15.4. The highest BCUT2D eigenvalue weighted by Crippen LogP contribution is 2.39. The molecule has 7 heteroatoms. The molecule has 0 N–H and O–H groups in total. The van der Waals surface area contributed by atoms with Gasteiger partial charge in [0.05, 0.1) is 11.0 Å². The van der Waals surface area contributed by atoms with Crippen molar-refractivity contribution in [3.8, 4) is 0 Å². The van der Waals surface area contributed by atoms with Crippen molar-refractivity contribution in [2.75, 3.05) is 0 Å². The molecule has 1 saturated heterocycles. The highest BCUT2D eigenvalue weighted by Gasteiger charge is 2.35. The minimum Gasteiger partial charge on any atom is -0.255 e. The lowest BCUT2D eigenvalue weighted by Crippen LogP contribution is -2.42. The highest BCUT2D eigenvalue weighted by atomic mass is 15.6. The van der Waals surface area contributed by atoms with E-state index in [0.717, 1.165) is 47.9 Å². The lowest BCUT2D eigenvalue weighted by molar-refractivity contribution is -0.0143. The molecule has 2 atom stereocenters. The second-order valence-electron chi connectivity index (χ2n) is 8.10. The Balaban J connectivity index is 1.47. The van der Waals surface area contributed by atoms with Crippen LogP contribution < -0.4 is 0 Å². The van der Waals surface area contributed by atoms with Crippen LogP contribution in [0.1, 0.15) is 37.2 Å². The molecule has 6 rings (SSSR count). The first-order valence-electron chi connectivity index (χ1n) is 10.8. The maximum absolute atomic E-state index is 4.57. The van der Waals surface area contributed by atoms with Gasteiger partial charge >= 0.3 is 0 Å². The first kappa shape index (κ1) is 18.2. The van der Waals surface area contributed by atoms with Gasteiger partial charge in [0.1, 0.15) is 23.4 Å². The number of fused-ring (bicyclic) bond motifs is 2. The summed E-state index contributed by atoms with van der Waals surface area (Å²) in [6.07, 6.45) is 3.30. The number of likely N-dealkylation sites (tertiary alicyclic amines) is 1. The molecular weight excluding hydrogens is 386 g/mol. The second kappa shape index (κ2) is 7.59. The number of hydrogen-bond acceptors (Lipinski definition) is 5. The zero-order chi connectivity index (χ0) is 20.6. The standard InChI is InChI=1S/C24H23N7/c1-2-9-18(10-3-1)17-29-23(30-21-13-6-4-11-19(21)25-27-30)15-8-16-24(29)31-22-14-7-5-12-20(22)26-28-31/h1-7,9-14,23-24H,8,15-17H2/t23-,24-/m0/s1. The van der Waals surface area contributed by atoms with Gasteiger partial charge in [-0.25, -0.2) is 9.36 Å². The normalized spacial score (nSPS) is 19.9. The summed E-state index contributed by atoms with van der Waals surface area (Å²) in [4.78, 5) is 2.50. The average Bonchev–Trinajstić information content (AvgIpc) is 3.45. The molecule has 31 heavy (non-hydrogen) atoms. The van der Waals surface area contributed by atoms with Gasteiger partial charge in [0.2, 0.25) is 0 Å². The van der Waals surface area contributed by atoms with Crippen LogP contribution in [0, 0.1) is 0 Å². The van der Waals surface area contributed by atoms with Crippen LogP contribution in [0.4, 0.5) is 0 Å². The van der Waals surface area contributed by atoms with Crippen LogP contribution in [-0.4, -0.2) is 34.9 Å². The topological polar surface area (TPSA) is 64.7 Å². The minimum atomic E-state index is 0.0920. The van der Waals surface area contributed by atoms with Gasteiger partial charge in [-0.3, -0.25) is 4.90 Å². The first-order valence-corrected chi connectivity index (χ1v) is 10.8. The van der Waals surface area contributed by atoms with Crippen LogP contribution in [0.3, 0.4) is 0 Å². The fourth-order valence-corrected chi connectivity index (χ4v) is 4.76. The Labute approximate surface area is 179 Å². The number of nitrogens with zero attached hydrogens (tertiary/aromatic N) is 7. The zero-order valence-electron chi connectivity index (χ0n) is 17.1. The van der Waals surface area contributed by atoms with Gasteiger partial charge in [0.25, 0.3) is 0 Å². The van der Waals surface area contributed by atoms with Crippen molar-refractivity contribution < 1.29 is 0 Å². The maximum atomic E-state index is 4.57. The molecule has 7 nitrogen and oxygen atoms in total. The van der Waals surface area contributed by atoms with Crippen molar-refractivity contribution in [3.63, 3.8) is 0 Å². The number of hydrogen-bond donors (Lipinski definition) is 0. The van der Waals surface area contributed by atoms with Crippen molar-refractivity contribution in [2.24, 2.45) is 0 Å². The van der Waals surface area contributed by atoms with E-state index >= 15 is 0 Å². The van der Waals surface area contributed by atoms with Crippen molar-refractivity contribution in [1.29, 1.82) is 0 Å². The van der Waals surface area contributed by atoms with Crippen LogP contribution in [0.25, 0.3) is 22.1 Å². The monoisotopic (exact) mass is 409 g/mol. The maximum Gasteiger partial charge on any atom is 0.113 e. The summed E-state index contributed by atoms with van der Waals surface area (Å²) in [5.74, 6) is 0. The van der Waals surface area contributed by atoms with E-state index in [1.54, 1.807) is 0 Å². The average molecular weight is 409 g/mol. The predicted molar refractivity (Wildman–Crippen MR) is 119 cm³/mol. The number of rotatable bonds is 4. The molecule has 1 aliphatic heterocycles. The number of piperidine rings is 1. The molecule has 0 bridgehead atoms. The summed E-state index contributed by atoms with van der Waals surface area (Å²) in [6, 6.07) is 27.0. The van der Waals surface area contributed by atoms with Gasteiger partial charge in [-0.15, -0.1) is 10.2 Å². The molecule has 2 aromatic heterocycles. The third-order valence-corrected chi connectivity index (χ3v) is 6.22. The van der Waals surface area contributed by atoms with E-state index in [9.17, 15) is 0 Å². The summed E-state index contributed by atoms with van der Waals surface area (Å²) >= 11 is 0. The summed E-state index contributed by atoms with van der Waals surface area (Å²) in [7, 11) is 0. The largest absolute Gasteiger partial charge is 0.255 e. The smallest absolute Gasteiger partial charge is 0.113 e. The molecule has 0 spiro atoms. The Morgan fingerprint density at radius 1 is 0.645 bits per heavy atom. The lowest BCUT2D eigenvalue weighted by atomic mass is 10.0. The summed E-state index contributed by atoms with van der Waals surface area (Å²) in [5.41, 5.74) is 5.25. The quantitative estimate of drug-likeness (QED) is 0.435. The third kappa shape index (κ3) is 3.18. The Morgan fingerprint density at radius 2 is 1.16 bits per heavy atom. The molecule has 3 heterocycles. The fraction of sp³-hybridized carbons (Fsp3) is 0.250. The van der Waals surface area contributed by atoms with Crippen LogP contribution in [0.5, 0.6) is 0 Å². The molecule has 0 radical (unpaired) electrons. The van der Waals surface area contributed by atoms with Crippen molar-refractivity contribution in [2.45, 2.75) is 38.1 Å². The fourth-order valence-electron chi connectivity index (χ4n) is 4.76. The van der Waals surface area contributed by atoms with Crippen molar-refractivity contribution in [3.05, 3.63) is 84.4 Å². The molecule has 1 aliphatic rings. The van der Waals surface area contributed by atoms with Gasteiger partial charge in [-0.1, -0.05) is 65.0 Å². The van der Waals surface area contributed by atoms with E-state index in [4.69, 9.17) is 0 Å². The third-order valence-electron chi connectivity index (χ3n) is 6.22. The molecule has 0 saturated carbocycles. The molecule has 5 aromatic rings. The van der Waals surface area contributed by atoms with Crippen LogP contribution in [0.2, 0.25) is 0 Å². The summed E-state index contributed by atoms with van der Waals surface area (Å²) < 4.78 is 4.17. The van der Waals surface area contributed by atoms with Gasteiger partial charge in [-0.2, -0.15) is 0 Å². The predicted octanol–water partition coefficient (Wildman–Crippen LogP) is 4.56.